The van der Waals surface area contributed by atoms with Crippen LogP contribution in [0.15, 0.2) is 0 Å². The lowest BCUT2D eigenvalue weighted by Gasteiger charge is -2.15. The number of nitriles is 1. The van der Waals surface area contributed by atoms with Gasteiger partial charge in [0.1, 0.15) is 0 Å². The lowest BCUT2D eigenvalue weighted by Crippen LogP contribution is -2.20. The van der Waals surface area contributed by atoms with Crippen molar-refractivity contribution in [1.29, 1.82) is 5.26 Å². The molecule has 0 bridgehead atoms. The Kier molecular flexibility index (Phi) is 7.45. The van der Waals surface area contributed by atoms with Crippen LogP contribution >= 0.6 is 0 Å². The van der Waals surface area contributed by atoms with E-state index in [9.17, 15) is 5.11 Å². The molecule has 82 valence electrons. The fraction of sp³-hybridized carbons (Fsp3) is 0.909. The molecule has 0 aromatic carbocycles. The molecule has 3 nitrogen and oxygen atoms in total. The predicted molar refractivity (Wildman–Crippen MR) is 57.8 cm³/mol. The number of aliphatic hydroxyl groups is 1. The summed E-state index contributed by atoms with van der Waals surface area (Å²) in [6.07, 6.45) is 1.98. The Morgan fingerprint density at radius 2 is 1.93 bits per heavy atom. The summed E-state index contributed by atoms with van der Waals surface area (Å²) in [6, 6.07) is 2.13. The molecule has 0 amide bonds. The largest absolute Gasteiger partial charge is 0.393 e. The van der Waals surface area contributed by atoms with Crippen LogP contribution in [0.4, 0.5) is 0 Å². The van der Waals surface area contributed by atoms with Gasteiger partial charge in [-0.2, -0.15) is 5.26 Å². The molecule has 2 unspecified atom stereocenters. The van der Waals surface area contributed by atoms with E-state index in [2.05, 4.69) is 18.0 Å². The Morgan fingerprint density at radius 3 is 2.50 bits per heavy atom. The van der Waals surface area contributed by atoms with Gasteiger partial charge in [-0.1, -0.05) is 13.8 Å². The predicted octanol–water partition coefficient (Wildman–Crippen LogP) is 1.63. The van der Waals surface area contributed by atoms with Crippen LogP contribution in [0.5, 0.6) is 0 Å². The SMILES string of the molecule is CC.CN1CCC(O)C(CC#N)CC1. The summed E-state index contributed by atoms with van der Waals surface area (Å²) in [4.78, 5) is 2.21. The van der Waals surface area contributed by atoms with Crippen LogP contribution in [0.3, 0.4) is 0 Å². The van der Waals surface area contributed by atoms with Crippen molar-refractivity contribution in [1.82, 2.24) is 4.90 Å². The highest BCUT2D eigenvalue weighted by Gasteiger charge is 2.22. The van der Waals surface area contributed by atoms with E-state index in [0.717, 1.165) is 25.9 Å². The number of likely N-dealkylation sites (tertiary alicyclic amines) is 1. The van der Waals surface area contributed by atoms with Crippen molar-refractivity contribution >= 4 is 0 Å². The molecule has 1 N–H and O–H groups in total. The van der Waals surface area contributed by atoms with E-state index in [1.807, 2.05) is 13.8 Å². The summed E-state index contributed by atoms with van der Waals surface area (Å²) >= 11 is 0. The second-order valence-electron chi connectivity index (χ2n) is 3.57. The quantitative estimate of drug-likeness (QED) is 0.696. The molecule has 1 aliphatic heterocycles. The van der Waals surface area contributed by atoms with Gasteiger partial charge < -0.3 is 10.0 Å². The molecule has 0 aliphatic carbocycles. The highest BCUT2D eigenvalue weighted by Crippen LogP contribution is 2.19. The number of nitrogens with zero attached hydrogens (tertiary/aromatic N) is 2. The molecule has 0 radical (unpaired) electrons. The molecule has 1 aliphatic rings. The van der Waals surface area contributed by atoms with Crippen molar-refractivity contribution in [3.63, 3.8) is 0 Å². The first-order valence-electron chi connectivity index (χ1n) is 5.47. The zero-order chi connectivity index (χ0) is 11.0. The minimum absolute atomic E-state index is 0.194. The molecule has 0 aromatic rings. The zero-order valence-corrected chi connectivity index (χ0v) is 9.53. The van der Waals surface area contributed by atoms with E-state index in [-0.39, 0.29) is 12.0 Å². The van der Waals surface area contributed by atoms with Crippen LogP contribution < -0.4 is 0 Å². The summed E-state index contributed by atoms with van der Waals surface area (Å²) in [5, 5.41) is 18.1. The number of hydrogen-bond acceptors (Lipinski definition) is 3. The lowest BCUT2D eigenvalue weighted by molar-refractivity contribution is 0.106. The molecule has 1 heterocycles. The molecule has 1 rings (SSSR count). The first kappa shape index (κ1) is 13.4. The number of rotatable bonds is 1. The molecule has 0 spiro atoms. The molecule has 2 atom stereocenters. The molecule has 0 aromatic heterocycles. The van der Waals surface area contributed by atoms with Crippen LogP contribution in [0.25, 0.3) is 0 Å². The molecule has 1 saturated heterocycles. The third-order valence-electron chi connectivity index (χ3n) is 2.59. The van der Waals surface area contributed by atoms with Crippen molar-refractivity contribution in [2.75, 3.05) is 20.1 Å². The molecule has 0 saturated carbocycles. The highest BCUT2D eigenvalue weighted by molar-refractivity contribution is 4.83. The van der Waals surface area contributed by atoms with Crippen LogP contribution in [-0.4, -0.2) is 36.2 Å². The van der Waals surface area contributed by atoms with E-state index in [4.69, 9.17) is 5.26 Å². The molecule has 1 fully saturated rings. The first-order chi connectivity index (χ1) is 6.74. The average Bonchev–Trinajstić information content (AvgIpc) is 2.37. The lowest BCUT2D eigenvalue weighted by atomic mass is 9.95. The fourth-order valence-corrected chi connectivity index (χ4v) is 1.63. The van der Waals surface area contributed by atoms with E-state index < -0.39 is 0 Å². The van der Waals surface area contributed by atoms with Gasteiger partial charge in [0.2, 0.25) is 0 Å². The minimum Gasteiger partial charge on any atom is -0.393 e. The zero-order valence-electron chi connectivity index (χ0n) is 9.53. The van der Waals surface area contributed by atoms with Gasteiger partial charge in [-0.05, 0) is 32.4 Å². The average molecular weight is 198 g/mol. The topological polar surface area (TPSA) is 47.3 Å². The molecular formula is C11H22N2O. The minimum atomic E-state index is -0.269. The van der Waals surface area contributed by atoms with Crippen LogP contribution in [0, 0.1) is 17.2 Å². The standard InChI is InChI=1S/C9H16N2O.C2H6/c1-11-6-3-8(2-5-10)9(12)4-7-11;1-2/h8-9,12H,2-4,6-7H2,1H3;1-2H3. The monoisotopic (exact) mass is 198 g/mol. The maximum atomic E-state index is 9.62. The number of hydrogen-bond donors (Lipinski definition) is 1. The molecular weight excluding hydrogens is 176 g/mol. The second-order valence-corrected chi connectivity index (χ2v) is 3.57. The van der Waals surface area contributed by atoms with Gasteiger partial charge in [-0.25, -0.2) is 0 Å². The summed E-state index contributed by atoms with van der Waals surface area (Å²) < 4.78 is 0. The van der Waals surface area contributed by atoms with Crippen molar-refractivity contribution in [2.45, 2.75) is 39.2 Å². The van der Waals surface area contributed by atoms with Gasteiger partial charge in [0.05, 0.1) is 12.2 Å². The van der Waals surface area contributed by atoms with Gasteiger partial charge in [-0.15, -0.1) is 0 Å². The van der Waals surface area contributed by atoms with E-state index in [0.29, 0.717) is 6.42 Å². The van der Waals surface area contributed by atoms with Gasteiger partial charge in [0.25, 0.3) is 0 Å². The normalized spacial score (nSPS) is 28.2. The Hall–Kier alpha value is -0.590. The maximum Gasteiger partial charge on any atom is 0.0625 e. The Labute approximate surface area is 87.3 Å². The summed E-state index contributed by atoms with van der Waals surface area (Å²) in [6.45, 7) is 5.95. The van der Waals surface area contributed by atoms with Crippen LogP contribution in [0.2, 0.25) is 0 Å². The highest BCUT2D eigenvalue weighted by atomic mass is 16.3. The summed E-state index contributed by atoms with van der Waals surface area (Å²) in [5.41, 5.74) is 0. The molecule has 3 heteroatoms. The Morgan fingerprint density at radius 1 is 1.36 bits per heavy atom. The fourth-order valence-electron chi connectivity index (χ4n) is 1.63. The Bertz CT molecular complexity index is 177. The maximum absolute atomic E-state index is 9.62. The third kappa shape index (κ3) is 4.59. The van der Waals surface area contributed by atoms with Crippen molar-refractivity contribution in [3.8, 4) is 6.07 Å². The summed E-state index contributed by atoms with van der Waals surface area (Å²) in [7, 11) is 2.06. The smallest absolute Gasteiger partial charge is 0.0625 e. The molecule has 14 heavy (non-hydrogen) atoms. The number of aliphatic hydroxyl groups excluding tert-OH is 1. The Balaban J connectivity index is 0.000000791. The first-order valence-corrected chi connectivity index (χ1v) is 5.47. The van der Waals surface area contributed by atoms with E-state index in [1.54, 1.807) is 0 Å². The van der Waals surface area contributed by atoms with Gasteiger partial charge >= 0.3 is 0 Å². The third-order valence-corrected chi connectivity index (χ3v) is 2.59. The van der Waals surface area contributed by atoms with Gasteiger partial charge in [0, 0.05) is 13.0 Å². The van der Waals surface area contributed by atoms with Crippen molar-refractivity contribution < 1.29 is 5.11 Å². The summed E-state index contributed by atoms with van der Waals surface area (Å²) in [5.74, 6) is 0.194. The van der Waals surface area contributed by atoms with Gasteiger partial charge in [-0.3, -0.25) is 0 Å². The van der Waals surface area contributed by atoms with Crippen molar-refractivity contribution in [2.24, 2.45) is 5.92 Å². The van der Waals surface area contributed by atoms with Gasteiger partial charge in [0.15, 0.2) is 0 Å². The van der Waals surface area contributed by atoms with E-state index >= 15 is 0 Å². The van der Waals surface area contributed by atoms with Crippen LogP contribution in [-0.2, 0) is 0 Å². The van der Waals surface area contributed by atoms with Crippen LogP contribution in [0.1, 0.15) is 33.1 Å². The van der Waals surface area contributed by atoms with E-state index in [1.165, 1.54) is 0 Å². The van der Waals surface area contributed by atoms with Crippen molar-refractivity contribution in [3.05, 3.63) is 0 Å². The second kappa shape index (κ2) is 7.78.